The molecule has 1 aromatic heterocycles. The van der Waals surface area contributed by atoms with E-state index in [0.29, 0.717) is 29.2 Å². The van der Waals surface area contributed by atoms with Gasteiger partial charge in [-0.1, -0.05) is 74.0 Å². The van der Waals surface area contributed by atoms with Crippen molar-refractivity contribution in [1.82, 2.24) is 10.3 Å². The molecule has 0 aliphatic rings. The number of carboxylic acid groups (broad SMARTS) is 1. The highest BCUT2D eigenvalue weighted by Crippen LogP contribution is 2.33. The molecule has 0 fully saturated rings. The average molecular weight is 447 g/mol. The fraction of sp³-hybridized carbons (Fsp3) is 0.296. The third kappa shape index (κ3) is 6.19. The summed E-state index contributed by atoms with van der Waals surface area (Å²) in [4.78, 5) is 29.3. The molecule has 172 valence electrons. The van der Waals surface area contributed by atoms with Crippen molar-refractivity contribution in [2.24, 2.45) is 5.92 Å². The number of nitrogens with zero attached hydrogens (tertiary/aromatic N) is 1. The van der Waals surface area contributed by atoms with Gasteiger partial charge < -0.3 is 15.2 Å². The van der Waals surface area contributed by atoms with Crippen LogP contribution in [0.15, 0.2) is 54.6 Å². The molecule has 33 heavy (non-hydrogen) atoms. The minimum absolute atomic E-state index is 0.118. The maximum atomic E-state index is 12.4. The van der Waals surface area contributed by atoms with Gasteiger partial charge in [0.1, 0.15) is 6.61 Å². The first-order valence-corrected chi connectivity index (χ1v) is 11.0. The van der Waals surface area contributed by atoms with Crippen molar-refractivity contribution in [3.05, 3.63) is 88.2 Å². The predicted molar refractivity (Wildman–Crippen MR) is 128 cm³/mol. The second-order valence-electron chi connectivity index (χ2n) is 8.56. The predicted octanol–water partition coefficient (Wildman–Crippen LogP) is 5.69. The number of carboxylic acids is 1. The molecule has 2 aromatic carbocycles. The normalized spacial score (nSPS) is 10.8. The van der Waals surface area contributed by atoms with Crippen LogP contribution in [0.5, 0.6) is 0 Å². The molecule has 1 heterocycles. The zero-order chi connectivity index (χ0) is 24.0. The summed E-state index contributed by atoms with van der Waals surface area (Å²) in [5.74, 6) is -0.734. The summed E-state index contributed by atoms with van der Waals surface area (Å²) in [6, 6.07) is 17.1. The fourth-order valence-corrected chi connectivity index (χ4v) is 3.78. The van der Waals surface area contributed by atoms with Crippen LogP contribution in [0.25, 0.3) is 11.1 Å². The van der Waals surface area contributed by atoms with E-state index < -0.39 is 12.1 Å². The number of amides is 1. The number of aromatic carboxylic acids is 1. The van der Waals surface area contributed by atoms with E-state index in [1.54, 1.807) is 6.92 Å². The quantitative estimate of drug-likeness (QED) is 0.464. The van der Waals surface area contributed by atoms with Gasteiger partial charge >= 0.3 is 12.1 Å². The molecule has 2 N–H and O–H groups in total. The molecule has 0 atom stereocenters. The summed E-state index contributed by atoms with van der Waals surface area (Å²) in [5, 5.41) is 12.8. The number of aromatic nitrogens is 1. The maximum Gasteiger partial charge on any atom is 0.407 e. The summed E-state index contributed by atoms with van der Waals surface area (Å²) in [6.07, 6.45) is 0.0945. The number of pyridine rings is 1. The number of carbonyl (C=O) groups excluding carboxylic acids is 1. The number of rotatable bonds is 8. The lowest BCUT2D eigenvalue weighted by Crippen LogP contribution is -2.26. The van der Waals surface area contributed by atoms with Crippen LogP contribution >= 0.6 is 0 Å². The van der Waals surface area contributed by atoms with Gasteiger partial charge in [0.25, 0.3) is 0 Å². The molecule has 0 saturated heterocycles. The van der Waals surface area contributed by atoms with Crippen LogP contribution in [0.4, 0.5) is 4.79 Å². The van der Waals surface area contributed by atoms with Crippen molar-refractivity contribution in [2.75, 3.05) is 0 Å². The Morgan fingerprint density at radius 1 is 1.03 bits per heavy atom. The van der Waals surface area contributed by atoms with Crippen molar-refractivity contribution in [3.8, 4) is 11.1 Å². The number of alkyl carbamates (subject to hydrolysis) is 1. The van der Waals surface area contributed by atoms with E-state index in [2.05, 4.69) is 24.1 Å². The van der Waals surface area contributed by atoms with E-state index in [9.17, 15) is 14.7 Å². The number of ether oxygens (including phenoxy) is 1. The number of hydrogen-bond acceptors (Lipinski definition) is 4. The van der Waals surface area contributed by atoms with E-state index in [4.69, 9.17) is 4.74 Å². The molecule has 0 unspecified atom stereocenters. The number of carbonyl (C=O) groups is 2. The lowest BCUT2D eigenvalue weighted by molar-refractivity contribution is 0.0696. The van der Waals surface area contributed by atoms with Crippen molar-refractivity contribution < 1.29 is 19.4 Å². The van der Waals surface area contributed by atoms with E-state index in [-0.39, 0.29) is 18.7 Å². The minimum Gasteiger partial charge on any atom is -0.478 e. The molecule has 0 radical (unpaired) electrons. The Hall–Kier alpha value is -3.67. The average Bonchev–Trinajstić information content (AvgIpc) is 2.77. The van der Waals surface area contributed by atoms with Gasteiger partial charge in [-0.15, -0.1) is 0 Å². The summed E-state index contributed by atoms with van der Waals surface area (Å²) < 4.78 is 5.35. The van der Waals surface area contributed by atoms with Crippen LogP contribution in [0.3, 0.4) is 0 Å². The first-order chi connectivity index (χ1) is 15.8. The molecule has 0 spiro atoms. The third-order valence-corrected chi connectivity index (χ3v) is 5.34. The minimum atomic E-state index is -1.04. The lowest BCUT2D eigenvalue weighted by Gasteiger charge is -2.20. The number of benzene rings is 2. The van der Waals surface area contributed by atoms with Crippen molar-refractivity contribution in [1.29, 1.82) is 0 Å². The van der Waals surface area contributed by atoms with Crippen LogP contribution in [0, 0.1) is 19.8 Å². The van der Waals surface area contributed by atoms with Gasteiger partial charge in [0, 0.05) is 23.4 Å². The molecule has 3 rings (SSSR count). The first kappa shape index (κ1) is 24.0. The van der Waals surface area contributed by atoms with Crippen LogP contribution in [0.2, 0.25) is 0 Å². The van der Waals surface area contributed by atoms with Gasteiger partial charge in [-0.3, -0.25) is 4.98 Å². The van der Waals surface area contributed by atoms with E-state index in [0.717, 1.165) is 22.4 Å². The second-order valence-corrected chi connectivity index (χ2v) is 8.56. The summed E-state index contributed by atoms with van der Waals surface area (Å²) in [7, 11) is 0. The Morgan fingerprint density at radius 2 is 1.70 bits per heavy atom. The number of nitrogens with one attached hydrogen (secondary N) is 1. The highest BCUT2D eigenvalue weighted by Gasteiger charge is 2.24. The van der Waals surface area contributed by atoms with Crippen molar-refractivity contribution in [3.63, 3.8) is 0 Å². The Labute approximate surface area is 194 Å². The lowest BCUT2D eigenvalue weighted by atomic mass is 9.89. The summed E-state index contributed by atoms with van der Waals surface area (Å²) >= 11 is 0. The van der Waals surface area contributed by atoms with E-state index >= 15 is 0 Å². The molecule has 1 amide bonds. The number of hydrogen-bond donors (Lipinski definition) is 2. The molecule has 6 heteroatoms. The summed E-state index contributed by atoms with van der Waals surface area (Å²) in [6.45, 7) is 8.14. The highest BCUT2D eigenvalue weighted by molar-refractivity contribution is 5.98. The monoisotopic (exact) mass is 446 g/mol. The SMILES string of the molecule is Cc1ccc(-c2c(CNC(=O)OCc3ccccc3)c(CC(C)C)nc(C)c2C(=O)O)cc1. The van der Waals surface area contributed by atoms with Crippen LogP contribution in [0.1, 0.15) is 52.3 Å². The van der Waals surface area contributed by atoms with E-state index in [1.807, 2.05) is 61.5 Å². The molecule has 0 aliphatic carbocycles. The van der Waals surface area contributed by atoms with Gasteiger partial charge in [-0.2, -0.15) is 0 Å². The van der Waals surface area contributed by atoms with Gasteiger partial charge in [-0.25, -0.2) is 9.59 Å². The highest BCUT2D eigenvalue weighted by atomic mass is 16.5. The molecular formula is C27H30N2O4. The van der Waals surface area contributed by atoms with E-state index in [1.165, 1.54) is 0 Å². The van der Waals surface area contributed by atoms with Crippen LogP contribution in [-0.2, 0) is 24.3 Å². The molecule has 0 aliphatic heterocycles. The number of aryl methyl sites for hydroxylation is 2. The second kappa shape index (κ2) is 10.8. The fourth-order valence-electron chi connectivity index (χ4n) is 3.78. The zero-order valence-corrected chi connectivity index (χ0v) is 19.5. The van der Waals surface area contributed by atoms with Gasteiger partial charge in [0.15, 0.2) is 0 Å². The molecule has 6 nitrogen and oxygen atoms in total. The zero-order valence-electron chi connectivity index (χ0n) is 19.5. The summed E-state index contributed by atoms with van der Waals surface area (Å²) in [5.41, 5.74) is 5.44. The molecular weight excluding hydrogens is 416 g/mol. The Balaban J connectivity index is 1.97. The Kier molecular flexibility index (Phi) is 7.83. The Bertz CT molecular complexity index is 1120. The van der Waals surface area contributed by atoms with Crippen LogP contribution in [-0.4, -0.2) is 22.2 Å². The largest absolute Gasteiger partial charge is 0.478 e. The Morgan fingerprint density at radius 3 is 2.30 bits per heavy atom. The van der Waals surface area contributed by atoms with Gasteiger partial charge in [0.05, 0.1) is 11.3 Å². The molecule has 0 saturated carbocycles. The van der Waals surface area contributed by atoms with Gasteiger partial charge in [0.2, 0.25) is 0 Å². The van der Waals surface area contributed by atoms with Crippen molar-refractivity contribution >= 4 is 12.1 Å². The smallest absolute Gasteiger partial charge is 0.407 e. The standard InChI is InChI=1S/C27H30N2O4/c1-17(2)14-23-22(15-28-27(32)33-16-20-8-6-5-7-9-20)25(21-12-10-18(3)11-13-21)24(26(30)31)19(4)29-23/h5-13,17H,14-16H2,1-4H3,(H,28,32)(H,30,31). The molecule has 0 bridgehead atoms. The topological polar surface area (TPSA) is 88.5 Å². The maximum absolute atomic E-state index is 12.4. The third-order valence-electron chi connectivity index (χ3n) is 5.34. The van der Waals surface area contributed by atoms with Crippen molar-refractivity contribution in [2.45, 2.75) is 47.3 Å². The first-order valence-electron chi connectivity index (χ1n) is 11.0. The van der Waals surface area contributed by atoms with Crippen LogP contribution < -0.4 is 5.32 Å². The molecule has 3 aromatic rings. The van der Waals surface area contributed by atoms with Gasteiger partial charge in [-0.05, 0) is 37.3 Å².